The van der Waals surface area contributed by atoms with E-state index in [0.717, 1.165) is 73.8 Å². The number of hydrogen-bond acceptors (Lipinski definition) is 4. The largest absolute Gasteiger partial charge is 0.376 e. The zero-order valence-corrected chi connectivity index (χ0v) is 19.3. The standard InChI is InChI=1S/C26H32N4O3/c1-2-19-8-6-10-23-21(14-20(15-27)26(32)28-16-22-9-7-13-33-22)17-30(25(19)23)18-24(31)29-11-4-3-5-12-29/h6,8,10,14,17,22H,2-5,7,9,11-13,16,18H2,1H3,(H,28,32)/b20-14+/t22-/m0/s1. The van der Waals surface area contributed by atoms with Crippen LogP contribution in [0.4, 0.5) is 0 Å². The number of piperidine rings is 1. The summed E-state index contributed by atoms with van der Waals surface area (Å²) < 4.78 is 7.53. The Morgan fingerprint density at radius 2 is 2.06 bits per heavy atom. The summed E-state index contributed by atoms with van der Waals surface area (Å²) in [6.45, 7) is 5.10. The molecule has 1 N–H and O–H groups in total. The van der Waals surface area contributed by atoms with Crippen LogP contribution in [0.1, 0.15) is 50.2 Å². The Balaban J connectivity index is 1.61. The first-order valence-corrected chi connectivity index (χ1v) is 12.0. The maximum absolute atomic E-state index is 13.0. The predicted octanol–water partition coefficient (Wildman–Crippen LogP) is 3.42. The van der Waals surface area contributed by atoms with Crippen LogP contribution in [0.5, 0.6) is 0 Å². The molecule has 0 aliphatic carbocycles. The molecule has 1 aromatic carbocycles. The molecule has 2 aromatic rings. The zero-order valence-electron chi connectivity index (χ0n) is 19.3. The fourth-order valence-electron chi connectivity index (χ4n) is 4.79. The van der Waals surface area contributed by atoms with Crippen molar-refractivity contribution in [2.75, 3.05) is 26.2 Å². The quantitative estimate of drug-likeness (QED) is 0.519. The van der Waals surface area contributed by atoms with E-state index in [1.807, 2.05) is 33.9 Å². The van der Waals surface area contributed by atoms with Crippen molar-refractivity contribution < 1.29 is 14.3 Å². The molecule has 0 saturated carbocycles. The molecule has 2 aliphatic rings. The molecule has 4 rings (SSSR count). The van der Waals surface area contributed by atoms with Crippen LogP contribution in [0.15, 0.2) is 30.0 Å². The predicted molar refractivity (Wildman–Crippen MR) is 127 cm³/mol. The highest BCUT2D eigenvalue weighted by Crippen LogP contribution is 2.28. The normalized spacial score (nSPS) is 19.0. The van der Waals surface area contributed by atoms with Gasteiger partial charge in [0.25, 0.3) is 5.91 Å². The number of aromatic nitrogens is 1. The number of likely N-dealkylation sites (tertiary alicyclic amines) is 1. The number of rotatable bonds is 7. The van der Waals surface area contributed by atoms with E-state index in [4.69, 9.17) is 4.74 Å². The molecule has 0 unspecified atom stereocenters. The van der Waals surface area contributed by atoms with Gasteiger partial charge in [0, 0.05) is 43.4 Å². The van der Waals surface area contributed by atoms with Gasteiger partial charge >= 0.3 is 0 Å². The second-order valence-electron chi connectivity index (χ2n) is 8.84. The average Bonchev–Trinajstić information content (AvgIpc) is 3.49. The molecule has 2 fully saturated rings. The number of carbonyl (C=O) groups is 2. The molecule has 7 heteroatoms. The van der Waals surface area contributed by atoms with E-state index < -0.39 is 5.91 Å². The summed E-state index contributed by atoms with van der Waals surface area (Å²) >= 11 is 0. The minimum absolute atomic E-state index is 0.0173. The van der Waals surface area contributed by atoms with E-state index in [1.54, 1.807) is 6.08 Å². The van der Waals surface area contributed by atoms with Gasteiger partial charge in [0.2, 0.25) is 5.91 Å². The van der Waals surface area contributed by atoms with Crippen molar-refractivity contribution in [3.8, 4) is 6.07 Å². The van der Waals surface area contributed by atoms with Gasteiger partial charge in [-0.1, -0.05) is 25.1 Å². The van der Waals surface area contributed by atoms with Crippen molar-refractivity contribution in [3.63, 3.8) is 0 Å². The lowest BCUT2D eigenvalue weighted by Gasteiger charge is -2.27. The van der Waals surface area contributed by atoms with Crippen molar-refractivity contribution >= 4 is 28.8 Å². The fraction of sp³-hybridized carbons (Fsp3) is 0.500. The minimum atomic E-state index is -0.398. The summed E-state index contributed by atoms with van der Waals surface area (Å²) in [6, 6.07) is 8.08. The number of nitrogens with one attached hydrogen (secondary N) is 1. The summed E-state index contributed by atoms with van der Waals surface area (Å²) in [7, 11) is 0. The molecule has 1 aromatic heterocycles. The molecule has 0 spiro atoms. The van der Waals surface area contributed by atoms with Crippen LogP contribution in [0.3, 0.4) is 0 Å². The SMILES string of the molecule is CCc1cccc2c(/C=C(\C#N)C(=O)NC[C@@H]3CCCO3)cn(CC(=O)N3CCCCC3)c12. The smallest absolute Gasteiger partial charge is 0.262 e. The van der Waals surface area contributed by atoms with Gasteiger partial charge in [-0.25, -0.2) is 0 Å². The van der Waals surface area contributed by atoms with Crippen LogP contribution in [-0.2, 0) is 27.3 Å². The second-order valence-corrected chi connectivity index (χ2v) is 8.84. The second kappa shape index (κ2) is 10.7. The van der Waals surface area contributed by atoms with E-state index in [0.29, 0.717) is 6.54 Å². The van der Waals surface area contributed by atoms with Crippen LogP contribution in [-0.4, -0.2) is 53.6 Å². The van der Waals surface area contributed by atoms with E-state index in [-0.39, 0.29) is 24.1 Å². The van der Waals surface area contributed by atoms with Gasteiger partial charge in [-0.3, -0.25) is 9.59 Å². The Bertz CT molecular complexity index is 1080. The highest BCUT2D eigenvalue weighted by Gasteiger charge is 2.21. The number of benzene rings is 1. The van der Waals surface area contributed by atoms with Crippen LogP contribution in [0.2, 0.25) is 0 Å². The monoisotopic (exact) mass is 448 g/mol. The first-order valence-electron chi connectivity index (χ1n) is 12.0. The lowest BCUT2D eigenvalue weighted by Crippen LogP contribution is -2.37. The van der Waals surface area contributed by atoms with E-state index in [2.05, 4.69) is 18.3 Å². The van der Waals surface area contributed by atoms with Crippen LogP contribution < -0.4 is 5.32 Å². The Labute approximate surface area is 195 Å². The number of nitrogens with zero attached hydrogens (tertiary/aromatic N) is 3. The number of ether oxygens (including phenoxy) is 1. The van der Waals surface area contributed by atoms with Gasteiger partial charge < -0.3 is 19.5 Å². The molecule has 3 heterocycles. The van der Waals surface area contributed by atoms with Gasteiger partial charge in [0.05, 0.1) is 11.6 Å². The first-order chi connectivity index (χ1) is 16.1. The van der Waals surface area contributed by atoms with Crippen LogP contribution in [0.25, 0.3) is 17.0 Å². The lowest BCUT2D eigenvalue weighted by molar-refractivity contribution is -0.132. The van der Waals surface area contributed by atoms with Gasteiger partial charge in [0.1, 0.15) is 18.2 Å². The third-order valence-corrected chi connectivity index (χ3v) is 6.59. The summed E-state index contributed by atoms with van der Waals surface area (Å²) in [4.78, 5) is 27.6. The Morgan fingerprint density at radius 3 is 2.76 bits per heavy atom. The van der Waals surface area contributed by atoms with Crippen molar-refractivity contribution in [1.29, 1.82) is 5.26 Å². The van der Waals surface area contributed by atoms with Gasteiger partial charge in [-0.2, -0.15) is 5.26 Å². The third-order valence-electron chi connectivity index (χ3n) is 6.59. The molecular weight excluding hydrogens is 416 g/mol. The van der Waals surface area contributed by atoms with E-state index >= 15 is 0 Å². The Hall–Kier alpha value is -3.11. The van der Waals surface area contributed by atoms with Gasteiger partial charge in [-0.05, 0) is 50.2 Å². The number of hydrogen-bond donors (Lipinski definition) is 1. The molecule has 0 radical (unpaired) electrons. The van der Waals surface area contributed by atoms with E-state index in [9.17, 15) is 14.9 Å². The number of carbonyl (C=O) groups excluding carboxylic acids is 2. The topological polar surface area (TPSA) is 87.4 Å². The Kier molecular flexibility index (Phi) is 7.46. The third kappa shape index (κ3) is 5.28. The van der Waals surface area contributed by atoms with Crippen molar-refractivity contribution in [2.45, 2.75) is 58.1 Å². The van der Waals surface area contributed by atoms with Crippen molar-refractivity contribution in [3.05, 3.63) is 41.1 Å². The molecule has 2 amide bonds. The number of nitriles is 1. The molecular formula is C26H32N4O3. The van der Waals surface area contributed by atoms with Gasteiger partial charge in [-0.15, -0.1) is 0 Å². The van der Waals surface area contributed by atoms with Crippen molar-refractivity contribution in [1.82, 2.24) is 14.8 Å². The molecule has 174 valence electrons. The number of para-hydroxylation sites is 1. The number of aryl methyl sites for hydroxylation is 1. The molecule has 33 heavy (non-hydrogen) atoms. The maximum atomic E-state index is 13.0. The Morgan fingerprint density at radius 1 is 1.24 bits per heavy atom. The van der Waals surface area contributed by atoms with Gasteiger partial charge in [0.15, 0.2) is 0 Å². The van der Waals surface area contributed by atoms with E-state index in [1.165, 1.54) is 6.42 Å². The number of amides is 2. The summed E-state index contributed by atoms with van der Waals surface area (Å²) in [6.07, 6.45) is 9.58. The molecule has 1 atom stereocenters. The summed E-state index contributed by atoms with van der Waals surface area (Å²) in [5.74, 6) is -0.284. The maximum Gasteiger partial charge on any atom is 0.262 e. The molecule has 2 saturated heterocycles. The highest BCUT2D eigenvalue weighted by atomic mass is 16.5. The highest BCUT2D eigenvalue weighted by molar-refractivity contribution is 6.04. The van der Waals surface area contributed by atoms with Crippen molar-refractivity contribution in [2.24, 2.45) is 0 Å². The molecule has 7 nitrogen and oxygen atoms in total. The first kappa shape index (κ1) is 23.1. The summed E-state index contributed by atoms with van der Waals surface area (Å²) in [5, 5.41) is 13.4. The zero-order chi connectivity index (χ0) is 23.2. The van der Waals surface area contributed by atoms with Crippen LogP contribution >= 0.6 is 0 Å². The van der Waals surface area contributed by atoms with Crippen LogP contribution in [0, 0.1) is 11.3 Å². The fourth-order valence-corrected chi connectivity index (χ4v) is 4.79. The molecule has 0 bridgehead atoms. The lowest BCUT2D eigenvalue weighted by atomic mass is 10.1. The number of fused-ring (bicyclic) bond motifs is 1. The summed E-state index contributed by atoms with van der Waals surface area (Å²) in [5.41, 5.74) is 2.96. The average molecular weight is 449 g/mol. The molecule has 2 aliphatic heterocycles. The minimum Gasteiger partial charge on any atom is -0.376 e.